The maximum atomic E-state index is 10.4. The molecule has 20 heavy (non-hydrogen) atoms. The van der Waals surface area contributed by atoms with Gasteiger partial charge >= 0.3 is 0 Å². The third kappa shape index (κ3) is 2.85. The molecule has 1 N–H and O–H groups in total. The second-order valence-electron chi connectivity index (χ2n) is 4.58. The monoisotopic (exact) mass is 398 g/mol. The Kier molecular flexibility index (Phi) is 4.01. The number of aliphatic hydroxyl groups is 1. The lowest BCUT2D eigenvalue weighted by Crippen LogP contribution is -2.02. The molecule has 5 heteroatoms. The van der Waals surface area contributed by atoms with Crippen molar-refractivity contribution in [3.8, 4) is 11.5 Å². The topological polar surface area (TPSA) is 38.7 Å². The molecule has 0 saturated heterocycles. The fraction of sp³-hybridized carbons (Fsp3) is 0.200. The van der Waals surface area contributed by atoms with Crippen LogP contribution in [0.3, 0.4) is 0 Å². The van der Waals surface area contributed by atoms with E-state index in [4.69, 9.17) is 9.47 Å². The third-order valence-electron chi connectivity index (χ3n) is 3.18. The lowest BCUT2D eigenvalue weighted by molar-refractivity contribution is 0.171. The Balaban J connectivity index is 1.82. The maximum Gasteiger partial charge on any atom is 0.231 e. The van der Waals surface area contributed by atoms with Gasteiger partial charge < -0.3 is 14.6 Å². The van der Waals surface area contributed by atoms with E-state index in [1.54, 1.807) is 0 Å². The zero-order chi connectivity index (χ0) is 14.1. The number of fused-ring (bicyclic) bond motifs is 1. The van der Waals surface area contributed by atoms with Crippen LogP contribution in [-0.2, 0) is 6.42 Å². The molecule has 0 saturated carbocycles. The molecule has 0 fully saturated rings. The minimum Gasteiger partial charge on any atom is -0.454 e. The molecule has 1 unspecified atom stereocenters. The Morgan fingerprint density at radius 1 is 1.10 bits per heavy atom. The van der Waals surface area contributed by atoms with Gasteiger partial charge in [-0.2, -0.15) is 0 Å². The van der Waals surface area contributed by atoms with E-state index in [9.17, 15) is 5.11 Å². The summed E-state index contributed by atoms with van der Waals surface area (Å²) in [6, 6.07) is 11.6. The van der Waals surface area contributed by atoms with Gasteiger partial charge in [0.25, 0.3) is 0 Å². The molecule has 1 atom stereocenters. The van der Waals surface area contributed by atoms with E-state index in [2.05, 4.69) is 31.9 Å². The molecule has 0 aliphatic carbocycles. The Morgan fingerprint density at radius 3 is 2.60 bits per heavy atom. The number of ether oxygens (including phenoxy) is 2. The number of benzene rings is 2. The van der Waals surface area contributed by atoms with Crippen LogP contribution < -0.4 is 9.47 Å². The molecule has 3 rings (SSSR count). The van der Waals surface area contributed by atoms with Crippen molar-refractivity contribution in [3.05, 3.63) is 56.5 Å². The van der Waals surface area contributed by atoms with Crippen LogP contribution in [0.15, 0.2) is 45.3 Å². The van der Waals surface area contributed by atoms with E-state index in [-0.39, 0.29) is 6.79 Å². The zero-order valence-corrected chi connectivity index (χ0v) is 13.6. The van der Waals surface area contributed by atoms with E-state index in [1.165, 1.54) is 0 Å². The molecule has 0 radical (unpaired) electrons. The molecule has 0 bridgehead atoms. The molecule has 0 amide bonds. The number of aliphatic hydroxyl groups excluding tert-OH is 1. The molecule has 0 spiro atoms. The highest BCUT2D eigenvalue weighted by molar-refractivity contribution is 9.10. The Bertz CT molecular complexity index is 626. The van der Waals surface area contributed by atoms with Crippen molar-refractivity contribution in [3.63, 3.8) is 0 Å². The molecule has 1 aliphatic heterocycles. The van der Waals surface area contributed by atoms with Crippen molar-refractivity contribution in [2.45, 2.75) is 12.5 Å². The minimum atomic E-state index is -0.582. The summed E-state index contributed by atoms with van der Waals surface area (Å²) in [7, 11) is 0. The summed E-state index contributed by atoms with van der Waals surface area (Å²) < 4.78 is 12.5. The second-order valence-corrected chi connectivity index (χ2v) is 6.35. The number of hydrogen-bond acceptors (Lipinski definition) is 3. The van der Waals surface area contributed by atoms with Gasteiger partial charge in [0.05, 0.1) is 10.6 Å². The summed E-state index contributed by atoms with van der Waals surface area (Å²) >= 11 is 6.84. The van der Waals surface area contributed by atoms with Gasteiger partial charge in [-0.15, -0.1) is 0 Å². The van der Waals surface area contributed by atoms with Gasteiger partial charge in [-0.05, 0) is 51.3 Å². The van der Waals surface area contributed by atoms with Crippen LogP contribution in [0.1, 0.15) is 17.2 Å². The van der Waals surface area contributed by atoms with Crippen molar-refractivity contribution >= 4 is 31.9 Å². The van der Waals surface area contributed by atoms with Gasteiger partial charge in [-0.3, -0.25) is 0 Å². The quantitative estimate of drug-likeness (QED) is 0.839. The molecular formula is C15H12Br2O3. The first-order valence-electron chi connectivity index (χ1n) is 6.15. The molecular weight excluding hydrogens is 388 g/mol. The van der Waals surface area contributed by atoms with Gasteiger partial charge in [0.15, 0.2) is 11.5 Å². The van der Waals surface area contributed by atoms with Gasteiger partial charge in [0, 0.05) is 10.9 Å². The van der Waals surface area contributed by atoms with Crippen molar-refractivity contribution in [2.75, 3.05) is 6.79 Å². The van der Waals surface area contributed by atoms with Crippen LogP contribution in [0.5, 0.6) is 11.5 Å². The van der Waals surface area contributed by atoms with E-state index in [0.717, 1.165) is 20.1 Å². The fourth-order valence-electron chi connectivity index (χ4n) is 2.14. The number of halogens is 2. The SMILES string of the molecule is OC(Cc1ccc(Br)cc1)c1cc(Br)c2c(c1)OCO2. The molecule has 0 aromatic heterocycles. The Labute approximate surface area is 133 Å². The van der Waals surface area contributed by atoms with Crippen molar-refractivity contribution < 1.29 is 14.6 Å². The first-order valence-corrected chi connectivity index (χ1v) is 7.73. The van der Waals surface area contributed by atoms with Gasteiger partial charge in [0.2, 0.25) is 6.79 Å². The summed E-state index contributed by atoms with van der Waals surface area (Å²) in [6.45, 7) is 0.222. The zero-order valence-electron chi connectivity index (χ0n) is 10.5. The largest absolute Gasteiger partial charge is 0.454 e. The van der Waals surface area contributed by atoms with Crippen LogP contribution in [0.25, 0.3) is 0 Å². The molecule has 3 nitrogen and oxygen atoms in total. The molecule has 1 aliphatic rings. The summed E-state index contributed by atoms with van der Waals surface area (Å²) in [5, 5.41) is 10.4. The van der Waals surface area contributed by atoms with Crippen LogP contribution in [0, 0.1) is 0 Å². The summed E-state index contributed by atoms with van der Waals surface area (Å²) in [5.41, 5.74) is 1.89. The normalized spacial score (nSPS) is 14.3. The highest BCUT2D eigenvalue weighted by Gasteiger charge is 2.20. The van der Waals surface area contributed by atoms with Crippen molar-refractivity contribution in [2.24, 2.45) is 0 Å². The lowest BCUT2D eigenvalue weighted by Gasteiger charge is -2.13. The highest BCUT2D eigenvalue weighted by atomic mass is 79.9. The molecule has 2 aromatic carbocycles. The van der Waals surface area contributed by atoms with Crippen molar-refractivity contribution in [1.29, 1.82) is 0 Å². The average Bonchev–Trinajstić information content (AvgIpc) is 2.90. The van der Waals surface area contributed by atoms with E-state index >= 15 is 0 Å². The Morgan fingerprint density at radius 2 is 1.85 bits per heavy atom. The van der Waals surface area contributed by atoms with Crippen molar-refractivity contribution in [1.82, 2.24) is 0 Å². The van der Waals surface area contributed by atoms with E-state index in [0.29, 0.717) is 17.9 Å². The summed E-state index contributed by atoms with van der Waals surface area (Å²) in [5.74, 6) is 1.37. The van der Waals surface area contributed by atoms with Gasteiger partial charge in [-0.1, -0.05) is 28.1 Å². The average molecular weight is 400 g/mol. The van der Waals surface area contributed by atoms with Crippen LogP contribution in [0.4, 0.5) is 0 Å². The second kappa shape index (κ2) is 5.76. The first kappa shape index (κ1) is 13.9. The molecule has 1 heterocycles. The number of hydrogen-bond donors (Lipinski definition) is 1. The van der Waals surface area contributed by atoms with Gasteiger partial charge in [-0.25, -0.2) is 0 Å². The van der Waals surface area contributed by atoms with E-state index in [1.807, 2.05) is 36.4 Å². The predicted molar refractivity (Wildman–Crippen MR) is 83.1 cm³/mol. The minimum absolute atomic E-state index is 0.222. The first-order chi connectivity index (χ1) is 9.63. The Hall–Kier alpha value is -1.04. The maximum absolute atomic E-state index is 10.4. The summed E-state index contributed by atoms with van der Waals surface area (Å²) in [6.07, 6.45) is -0.0266. The fourth-order valence-corrected chi connectivity index (χ4v) is 2.98. The molecule has 2 aromatic rings. The lowest BCUT2D eigenvalue weighted by atomic mass is 10.0. The van der Waals surface area contributed by atoms with Crippen LogP contribution in [0.2, 0.25) is 0 Å². The number of rotatable bonds is 3. The van der Waals surface area contributed by atoms with Gasteiger partial charge in [0.1, 0.15) is 0 Å². The molecule has 104 valence electrons. The van der Waals surface area contributed by atoms with E-state index < -0.39 is 6.10 Å². The van der Waals surface area contributed by atoms with Crippen LogP contribution >= 0.6 is 31.9 Å². The third-order valence-corrected chi connectivity index (χ3v) is 4.29. The predicted octanol–water partition coefficient (Wildman–Crippen LogP) is 4.22. The summed E-state index contributed by atoms with van der Waals surface area (Å²) in [4.78, 5) is 0. The highest BCUT2D eigenvalue weighted by Crippen LogP contribution is 2.41. The smallest absolute Gasteiger partial charge is 0.231 e. The van der Waals surface area contributed by atoms with Crippen LogP contribution in [-0.4, -0.2) is 11.9 Å². The standard InChI is InChI=1S/C15H12Br2O3/c16-11-3-1-9(2-4-11)5-13(18)10-6-12(17)15-14(7-10)19-8-20-15/h1-4,6-7,13,18H,5,8H2.